The first-order valence-electron chi connectivity index (χ1n) is 9.36. The number of anilines is 1. The standard InChI is InChI=1S/C23H20FN3O2/c1-2-28-20-14-12-19(13-15-20)25-21(16-8-10-18(24)11-9-16)23-27-26-22(29-23)17-6-4-3-5-7-17/h3-15,21,25H,2H2,1H3/t21-/m0/s1. The van der Waals surface area contributed by atoms with Crippen LogP contribution < -0.4 is 10.1 Å². The van der Waals surface area contributed by atoms with E-state index in [2.05, 4.69) is 15.5 Å². The molecule has 29 heavy (non-hydrogen) atoms. The molecule has 0 aliphatic carbocycles. The highest BCUT2D eigenvalue weighted by molar-refractivity contribution is 5.53. The van der Waals surface area contributed by atoms with E-state index >= 15 is 0 Å². The minimum absolute atomic E-state index is 0.302. The molecule has 1 heterocycles. The summed E-state index contributed by atoms with van der Waals surface area (Å²) in [6, 6.07) is 23.0. The molecule has 0 aliphatic rings. The van der Waals surface area contributed by atoms with E-state index in [4.69, 9.17) is 9.15 Å². The van der Waals surface area contributed by atoms with E-state index in [1.807, 2.05) is 61.5 Å². The Morgan fingerprint density at radius 2 is 1.66 bits per heavy atom. The first kappa shape index (κ1) is 18.7. The third kappa shape index (κ3) is 4.43. The van der Waals surface area contributed by atoms with Crippen LogP contribution in [0.5, 0.6) is 5.75 Å². The summed E-state index contributed by atoms with van der Waals surface area (Å²) in [4.78, 5) is 0. The molecule has 3 aromatic carbocycles. The van der Waals surface area contributed by atoms with E-state index in [0.717, 1.165) is 22.6 Å². The molecule has 1 aromatic heterocycles. The normalized spacial score (nSPS) is 11.8. The van der Waals surface area contributed by atoms with Gasteiger partial charge in [0.2, 0.25) is 11.8 Å². The van der Waals surface area contributed by atoms with Gasteiger partial charge in [0.15, 0.2) is 0 Å². The lowest BCUT2D eigenvalue weighted by molar-refractivity contribution is 0.340. The molecule has 0 unspecified atom stereocenters. The first-order valence-corrected chi connectivity index (χ1v) is 9.36. The second-order valence-corrected chi connectivity index (χ2v) is 6.40. The van der Waals surface area contributed by atoms with Crippen molar-refractivity contribution in [3.8, 4) is 17.2 Å². The van der Waals surface area contributed by atoms with Crippen LogP contribution in [0.25, 0.3) is 11.5 Å². The van der Waals surface area contributed by atoms with Crippen molar-refractivity contribution >= 4 is 5.69 Å². The van der Waals surface area contributed by atoms with Crippen LogP contribution in [0.4, 0.5) is 10.1 Å². The fraction of sp³-hybridized carbons (Fsp3) is 0.130. The fourth-order valence-corrected chi connectivity index (χ4v) is 2.97. The van der Waals surface area contributed by atoms with Gasteiger partial charge < -0.3 is 14.5 Å². The van der Waals surface area contributed by atoms with Gasteiger partial charge >= 0.3 is 0 Å². The van der Waals surface area contributed by atoms with Crippen LogP contribution in [0.2, 0.25) is 0 Å². The smallest absolute Gasteiger partial charge is 0.247 e. The molecule has 0 saturated heterocycles. The van der Waals surface area contributed by atoms with Crippen molar-refractivity contribution < 1.29 is 13.5 Å². The van der Waals surface area contributed by atoms with Crippen molar-refractivity contribution in [2.75, 3.05) is 11.9 Å². The van der Waals surface area contributed by atoms with Crippen molar-refractivity contribution in [2.45, 2.75) is 13.0 Å². The van der Waals surface area contributed by atoms with Crippen LogP contribution in [0.15, 0.2) is 83.3 Å². The number of nitrogens with zero attached hydrogens (tertiary/aromatic N) is 2. The Kier molecular flexibility index (Phi) is 5.52. The Labute approximate surface area is 168 Å². The van der Waals surface area contributed by atoms with Gasteiger partial charge in [0.25, 0.3) is 0 Å². The monoisotopic (exact) mass is 389 g/mol. The lowest BCUT2D eigenvalue weighted by Crippen LogP contribution is -2.13. The molecular formula is C23H20FN3O2. The summed E-state index contributed by atoms with van der Waals surface area (Å²) in [5.74, 6) is 1.31. The highest BCUT2D eigenvalue weighted by atomic mass is 19.1. The SMILES string of the molecule is CCOc1ccc(N[C@@H](c2ccc(F)cc2)c2nnc(-c3ccccc3)o2)cc1. The maximum Gasteiger partial charge on any atom is 0.247 e. The molecule has 0 amide bonds. The van der Waals surface area contributed by atoms with Gasteiger partial charge in [-0.3, -0.25) is 0 Å². The second kappa shape index (κ2) is 8.56. The molecule has 0 radical (unpaired) electrons. The Balaban J connectivity index is 1.65. The van der Waals surface area contributed by atoms with Crippen LogP contribution in [0.3, 0.4) is 0 Å². The summed E-state index contributed by atoms with van der Waals surface area (Å²) < 4.78 is 24.9. The van der Waals surface area contributed by atoms with E-state index < -0.39 is 6.04 Å². The lowest BCUT2D eigenvalue weighted by Gasteiger charge is -2.17. The summed E-state index contributed by atoms with van der Waals surface area (Å²) in [6.45, 7) is 2.55. The molecule has 0 saturated carbocycles. The van der Waals surface area contributed by atoms with Crippen LogP contribution in [0.1, 0.15) is 24.4 Å². The number of nitrogens with one attached hydrogen (secondary N) is 1. The van der Waals surface area contributed by atoms with E-state index in [1.165, 1.54) is 12.1 Å². The Bertz CT molecular complexity index is 1050. The molecule has 146 valence electrons. The Morgan fingerprint density at radius 1 is 0.931 bits per heavy atom. The maximum absolute atomic E-state index is 13.4. The zero-order chi connectivity index (χ0) is 20.1. The quantitative estimate of drug-likeness (QED) is 0.454. The van der Waals surface area contributed by atoms with Crippen molar-refractivity contribution in [3.63, 3.8) is 0 Å². The van der Waals surface area contributed by atoms with Gasteiger partial charge in [-0.05, 0) is 61.0 Å². The minimum atomic E-state index is -0.432. The number of rotatable bonds is 7. The van der Waals surface area contributed by atoms with Crippen molar-refractivity contribution in [1.82, 2.24) is 10.2 Å². The zero-order valence-electron chi connectivity index (χ0n) is 15.9. The Hall–Kier alpha value is -3.67. The van der Waals surface area contributed by atoms with Crippen molar-refractivity contribution in [2.24, 2.45) is 0 Å². The predicted octanol–water partition coefficient (Wildman–Crippen LogP) is 5.48. The number of aromatic nitrogens is 2. The van der Waals surface area contributed by atoms with Gasteiger partial charge in [-0.2, -0.15) is 0 Å². The maximum atomic E-state index is 13.4. The summed E-state index contributed by atoms with van der Waals surface area (Å²) in [5, 5.41) is 11.8. The largest absolute Gasteiger partial charge is 0.494 e. The number of hydrogen-bond acceptors (Lipinski definition) is 5. The van der Waals surface area contributed by atoms with Crippen LogP contribution >= 0.6 is 0 Å². The van der Waals surface area contributed by atoms with Gasteiger partial charge in [-0.25, -0.2) is 4.39 Å². The third-order valence-electron chi connectivity index (χ3n) is 4.39. The lowest BCUT2D eigenvalue weighted by atomic mass is 10.1. The second-order valence-electron chi connectivity index (χ2n) is 6.40. The van der Waals surface area contributed by atoms with Crippen LogP contribution in [-0.2, 0) is 0 Å². The zero-order valence-corrected chi connectivity index (χ0v) is 15.9. The van der Waals surface area contributed by atoms with Gasteiger partial charge in [0, 0.05) is 11.3 Å². The molecule has 0 bridgehead atoms. The van der Waals surface area contributed by atoms with E-state index in [1.54, 1.807) is 12.1 Å². The first-order chi connectivity index (χ1) is 14.2. The average Bonchev–Trinajstić information content (AvgIpc) is 3.25. The molecule has 6 heteroatoms. The summed E-state index contributed by atoms with van der Waals surface area (Å²) in [7, 11) is 0. The van der Waals surface area contributed by atoms with E-state index in [9.17, 15) is 4.39 Å². The molecule has 1 atom stereocenters. The molecule has 0 aliphatic heterocycles. The molecule has 0 spiro atoms. The molecule has 1 N–H and O–H groups in total. The van der Waals surface area contributed by atoms with Gasteiger partial charge in [-0.1, -0.05) is 30.3 Å². The molecule has 5 nitrogen and oxygen atoms in total. The molecular weight excluding hydrogens is 369 g/mol. The van der Waals surface area contributed by atoms with Gasteiger partial charge in [0.05, 0.1) is 6.61 Å². The van der Waals surface area contributed by atoms with Gasteiger partial charge in [0.1, 0.15) is 17.6 Å². The highest BCUT2D eigenvalue weighted by Gasteiger charge is 2.21. The summed E-state index contributed by atoms with van der Waals surface area (Å²) in [6.07, 6.45) is 0. The highest BCUT2D eigenvalue weighted by Crippen LogP contribution is 2.29. The number of benzene rings is 3. The van der Waals surface area contributed by atoms with E-state index in [0.29, 0.717) is 18.4 Å². The van der Waals surface area contributed by atoms with Gasteiger partial charge in [-0.15, -0.1) is 10.2 Å². The number of hydrogen-bond donors (Lipinski definition) is 1. The minimum Gasteiger partial charge on any atom is -0.494 e. The van der Waals surface area contributed by atoms with Crippen molar-refractivity contribution in [1.29, 1.82) is 0 Å². The van der Waals surface area contributed by atoms with Crippen molar-refractivity contribution in [3.05, 3.63) is 96.1 Å². The molecule has 0 fully saturated rings. The number of ether oxygens (including phenoxy) is 1. The summed E-state index contributed by atoms with van der Waals surface area (Å²) in [5.41, 5.74) is 2.50. The van der Waals surface area contributed by atoms with E-state index in [-0.39, 0.29) is 5.82 Å². The Morgan fingerprint density at radius 3 is 2.34 bits per heavy atom. The van der Waals surface area contributed by atoms with Crippen LogP contribution in [-0.4, -0.2) is 16.8 Å². The molecule has 4 rings (SSSR count). The fourth-order valence-electron chi connectivity index (χ4n) is 2.97. The predicted molar refractivity (Wildman–Crippen MR) is 109 cm³/mol. The topological polar surface area (TPSA) is 60.2 Å². The van der Waals surface area contributed by atoms with Crippen LogP contribution in [0, 0.1) is 5.82 Å². The average molecular weight is 389 g/mol. The molecule has 4 aromatic rings. The number of halogens is 1. The summed E-state index contributed by atoms with van der Waals surface area (Å²) >= 11 is 0. The third-order valence-corrected chi connectivity index (χ3v) is 4.39.